The van der Waals surface area contributed by atoms with Gasteiger partial charge in [0, 0.05) is 12.7 Å². The van der Waals surface area contributed by atoms with Crippen LogP contribution in [0, 0.1) is 0 Å². The first-order chi connectivity index (χ1) is 11.1. The number of amides is 3. The van der Waals surface area contributed by atoms with Crippen molar-refractivity contribution in [2.45, 2.75) is 19.4 Å². The number of rotatable bonds is 5. The van der Waals surface area contributed by atoms with E-state index in [4.69, 9.17) is 0 Å². The van der Waals surface area contributed by atoms with Crippen LogP contribution in [0.1, 0.15) is 24.1 Å². The summed E-state index contributed by atoms with van der Waals surface area (Å²) < 4.78 is 0. The summed E-state index contributed by atoms with van der Waals surface area (Å²) in [5.74, 6) is -0.407. The number of imide groups is 1. The van der Waals surface area contributed by atoms with Gasteiger partial charge in [-0.25, -0.2) is 4.79 Å². The lowest BCUT2D eigenvalue weighted by molar-refractivity contribution is -0.120. The monoisotopic (exact) mass is 311 g/mol. The van der Waals surface area contributed by atoms with Crippen LogP contribution in [0.3, 0.4) is 0 Å². The topological polar surface area (TPSA) is 70.2 Å². The van der Waals surface area contributed by atoms with Crippen LogP contribution in [0.2, 0.25) is 0 Å². The quantitative estimate of drug-likeness (QED) is 0.795. The summed E-state index contributed by atoms with van der Waals surface area (Å²) in [6.07, 6.45) is 0.958. The molecule has 120 valence electrons. The summed E-state index contributed by atoms with van der Waals surface area (Å²) in [6, 6.07) is 16.0. The second-order valence-electron chi connectivity index (χ2n) is 5.11. The van der Waals surface area contributed by atoms with Crippen LogP contribution in [0.5, 0.6) is 0 Å². The molecule has 0 aromatic heterocycles. The maximum absolute atomic E-state index is 12.4. The Kier molecular flexibility index (Phi) is 5.74. The molecule has 0 radical (unpaired) electrons. The van der Waals surface area contributed by atoms with Crippen LogP contribution in [0.4, 0.5) is 10.5 Å². The summed E-state index contributed by atoms with van der Waals surface area (Å²) >= 11 is 0. The number of carbonyl (C=O) groups excluding carboxylic acids is 2. The molecule has 0 aliphatic carbocycles. The predicted octanol–water partition coefficient (Wildman–Crippen LogP) is 2.86. The Labute approximate surface area is 136 Å². The highest BCUT2D eigenvalue weighted by Gasteiger charge is 2.21. The highest BCUT2D eigenvalue weighted by Crippen LogP contribution is 2.20. The molecule has 1 atom stereocenters. The molecule has 2 aromatic carbocycles. The molecule has 0 spiro atoms. The van der Waals surface area contributed by atoms with Crippen molar-refractivity contribution >= 4 is 17.6 Å². The van der Waals surface area contributed by atoms with Crippen molar-refractivity contribution in [3.63, 3.8) is 0 Å². The van der Waals surface area contributed by atoms with E-state index in [0.29, 0.717) is 0 Å². The van der Waals surface area contributed by atoms with Crippen molar-refractivity contribution in [2.75, 3.05) is 12.4 Å². The Morgan fingerprint density at radius 2 is 1.65 bits per heavy atom. The minimum absolute atomic E-state index is 0.407. The Morgan fingerprint density at radius 3 is 2.22 bits per heavy atom. The van der Waals surface area contributed by atoms with Crippen molar-refractivity contribution in [1.82, 2.24) is 10.6 Å². The maximum Gasteiger partial charge on any atom is 0.321 e. The molecule has 2 aromatic rings. The van der Waals surface area contributed by atoms with Crippen LogP contribution in [-0.2, 0) is 11.2 Å². The molecule has 0 saturated heterocycles. The average Bonchev–Trinajstić information content (AvgIpc) is 2.60. The standard InChI is InChI=1S/C18H21N3O2/c1-3-13-9-11-15(12-10-13)20-16(14-7-5-4-6-8-14)17(22)21-18(23)19-2/h4-12,16,20H,3H2,1-2H3,(H2,19,21,22,23)/t16-/m0/s1. The predicted molar refractivity (Wildman–Crippen MR) is 91.2 cm³/mol. The minimum Gasteiger partial charge on any atom is -0.370 e. The first kappa shape index (κ1) is 16.5. The molecule has 3 N–H and O–H groups in total. The Balaban J connectivity index is 2.22. The highest BCUT2D eigenvalue weighted by atomic mass is 16.2. The van der Waals surface area contributed by atoms with Crippen molar-refractivity contribution in [2.24, 2.45) is 0 Å². The van der Waals surface area contributed by atoms with E-state index in [2.05, 4.69) is 22.9 Å². The highest BCUT2D eigenvalue weighted by molar-refractivity contribution is 5.98. The van der Waals surface area contributed by atoms with E-state index in [0.717, 1.165) is 17.7 Å². The second kappa shape index (κ2) is 7.98. The van der Waals surface area contributed by atoms with Gasteiger partial charge in [0.1, 0.15) is 6.04 Å². The Bertz CT molecular complexity index is 654. The summed E-state index contributed by atoms with van der Waals surface area (Å²) in [5, 5.41) is 7.89. The first-order valence-electron chi connectivity index (χ1n) is 7.57. The number of nitrogens with one attached hydrogen (secondary N) is 3. The molecule has 0 aliphatic rings. The Hall–Kier alpha value is -2.82. The van der Waals surface area contributed by atoms with E-state index in [1.54, 1.807) is 0 Å². The SMILES string of the molecule is CCc1ccc(N[C@H](C(=O)NC(=O)NC)c2ccccc2)cc1. The lowest BCUT2D eigenvalue weighted by atomic mass is 10.1. The molecule has 0 aliphatic heterocycles. The van der Waals surface area contributed by atoms with Gasteiger partial charge in [-0.2, -0.15) is 0 Å². The second-order valence-corrected chi connectivity index (χ2v) is 5.11. The van der Waals surface area contributed by atoms with Gasteiger partial charge in [-0.15, -0.1) is 0 Å². The fourth-order valence-corrected chi connectivity index (χ4v) is 2.20. The van der Waals surface area contributed by atoms with E-state index < -0.39 is 18.0 Å². The smallest absolute Gasteiger partial charge is 0.321 e. The number of aryl methyl sites for hydroxylation is 1. The van der Waals surface area contributed by atoms with Crippen molar-refractivity contribution in [1.29, 1.82) is 0 Å². The number of carbonyl (C=O) groups is 2. The van der Waals surface area contributed by atoms with E-state index in [1.165, 1.54) is 12.6 Å². The molecule has 0 unspecified atom stereocenters. The number of hydrogen-bond donors (Lipinski definition) is 3. The molecule has 0 heterocycles. The zero-order chi connectivity index (χ0) is 16.7. The van der Waals surface area contributed by atoms with E-state index in [1.807, 2.05) is 54.6 Å². The zero-order valence-electron chi connectivity index (χ0n) is 13.3. The third kappa shape index (κ3) is 4.57. The number of anilines is 1. The summed E-state index contributed by atoms with van der Waals surface area (Å²) in [6.45, 7) is 2.09. The van der Waals surface area contributed by atoms with Gasteiger partial charge in [-0.3, -0.25) is 10.1 Å². The van der Waals surface area contributed by atoms with Crippen LogP contribution in [0.25, 0.3) is 0 Å². The fraction of sp³-hybridized carbons (Fsp3) is 0.222. The van der Waals surface area contributed by atoms with Gasteiger partial charge < -0.3 is 10.6 Å². The van der Waals surface area contributed by atoms with Crippen LogP contribution < -0.4 is 16.0 Å². The first-order valence-corrected chi connectivity index (χ1v) is 7.57. The molecule has 2 rings (SSSR count). The summed E-state index contributed by atoms with van der Waals surface area (Å²) in [7, 11) is 1.47. The molecule has 23 heavy (non-hydrogen) atoms. The largest absolute Gasteiger partial charge is 0.370 e. The zero-order valence-corrected chi connectivity index (χ0v) is 13.3. The number of hydrogen-bond acceptors (Lipinski definition) is 3. The van der Waals surface area contributed by atoms with Crippen LogP contribution in [0.15, 0.2) is 54.6 Å². The maximum atomic E-state index is 12.4. The molecule has 0 fully saturated rings. The van der Waals surface area contributed by atoms with E-state index in [9.17, 15) is 9.59 Å². The van der Waals surface area contributed by atoms with E-state index in [-0.39, 0.29) is 0 Å². The number of urea groups is 1. The van der Waals surface area contributed by atoms with Gasteiger partial charge in [0.05, 0.1) is 0 Å². The molecule has 0 bridgehead atoms. The minimum atomic E-state index is -0.652. The molecule has 5 nitrogen and oxygen atoms in total. The van der Waals surface area contributed by atoms with Crippen LogP contribution >= 0.6 is 0 Å². The van der Waals surface area contributed by atoms with Gasteiger partial charge in [-0.1, -0.05) is 49.4 Å². The lowest BCUT2D eigenvalue weighted by Crippen LogP contribution is -2.42. The third-order valence-electron chi connectivity index (χ3n) is 3.53. The summed E-state index contributed by atoms with van der Waals surface area (Å²) in [4.78, 5) is 23.8. The van der Waals surface area contributed by atoms with Gasteiger partial charge in [0.2, 0.25) is 0 Å². The molecule has 0 saturated carbocycles. The molecule has 5 heteroatoms. The molecular formula is C18H21N3O2. The lowest BCUT2D eigenvalue weighted by Gasteiger charge is -2.19. The third-order valence-corrected chi connectivity index (χ3v) is 3.53. The van der Waals surface area contributed by atoms with Gasteiger partial charge in [0.15, 0.2) is 0 Å². The van der Waals surface area contributed by atoms with Gasteiger partial charge in [0.25, 0.3) is 5.91 Å². The molecule has 3 amide bonds. The van der Waals surface area contributed by atoms with E-state index >= 15 is 0 Å². The fourth-order valence-electron chi connectivity index (χ4n) is 2.20. The summed E-state index contributed by atoms with van der Waals surface area (Å²) in [5.41, 5.74) is 2.83. The Morgan fingerprint density at radius 1 is 1.00 bits per heavy atom. The van der Waals surface area contributed by atoms with Gasteiger partial charge >= 0.3 is 6.03 Å². The van der Waals surface area contributed by atoms with Crippen molar-refractivity contribution in [3.05, 3.63) is 65.7 Å². The van der Waals surface area contributed by atoms with Crippen molar-refractivity contribution in [3.8, 4) is 0 Å². The normalized spacial score (nSPS) is 11.4. The van der Waals surface area contributed by atoms with Gasteiger partial charge in [-0.05, 0) is 29.7 Å². The number of benzene rings is 2. The molecular weight excluding hydrogens is 290 g/mol. The van der Waals surface area contributed by atoms with Crippen LogP contribution in [-0.4, -0.2) is 19.0 Å². The van der Waals surface area contributed by atoms with Crippen molar-refractivity contribution < 1.29 is 9.59 Å². The average molecular weight is 311 g/mol.